The Morgan fingerprint density at radius 2 is 1.73 bits per heavy atom. The van der Waals surface area contributed by atoms with E-state index in [-0.39, 0.29) is 31.0 Å². The maximum Gasteiger partial charge on any atom is 0.269 e. The molecule has 0 saturated carbocycles. The molecule has 1 aliphatic heterocycles. The second-order valence-electron chi connectivity index (χ2n) is 9.46. The van der Waals surface area contributed by atoms with Gasteiger partial charge in [-0.1, -0.05) is 30.3 Å². The van der Waals surface area contributed by atoms with E-state index in [1.807, 2.05) is 6.07 Å². The minimum atomic E-state index is -1.06. The summed E-state index contributed by atoms with van der Waals surface area (Å²) in [6, 6.07) is 11.3. The zero-order valence-corrected chi connectivity index (χ0v) is 22.3. The first-order valence-corrected chi connectivity index (χ1v) is 13.0. The lowest BCUT2D eigenvalue weighted by Gasteiger charge is -2.25. The number of carbonyl (C=O) groups is 3. The van der Waals surface area contributed by atoms with Crippen molar-refractivity contribution < 1.29 is 19.3 Å². The molecule has 218 valence electrons. The number of nitro groups is 1. The fraction of sp³-hybridized carbons (Fsp3) is 0.385. The van der Waals surface area contributed by atoms with Gasteiger partial charge in [0, 0.05) is 37.3 Å². The number of anilines is 1. The number of nitroso groups, excluding NO2 is 1. The lowest BCUT2D eigenvalue weighted by atomic mass is 10.0. The fourth-order valence-corrected chi connectivity index (χ4v) is 4.38. The van der Waals surface area contributed by atoms with Crippen LogP contribution in [-0.2, 0) is 20.8 Å². The van der Waals surface area contributed by atoms with E-state index in [2.05, 4.69) is 26.2 Å². The number of carbonyl (C=O) groups excluding carboxylic acids is 3. The molecule has 41 heavy (non-hydrogen) atoms. The van der Waals surface area contributed by atoms with E-state index < -0.39 is 40.8 Å². The fourth-order valence-electron chi connectivity index (χ4n) is 4.38. The van der Waals surface area contributed by atoms with Crippen LogP contribution in [0.4, 0.5) is 11.4 Å². The second kappa shape index (κ2) is 14.9. The SMILES string of the molecule is NC(N)=NCCC[C@H](NC(=O)[C@H](Cc1ccccc1)NC(=O)[C@@H]1CCCN1N=O)C(=O)Nc1ccc([N+](=O)[O-])cc1. The number of amides is 3. The number of non-ortho nitro benzene ring substituents is 1. The molecule has 1 aliphatic rings. The maximum absolute atomic E-state index is 13.5. The van der Waals surface area contributed by atoms with Gasteiger partial charge in [-0.15, -0.1) is 4.91 Å². The number of nitro benzene ring substituents is 1. The Bertz CT molecular complexity index is 1250. The molecule has 0 bridgehead atoms. The van der Waals surface area contributed by atoms with E-state index in [1.54, 1.807) is 24.3 Å². The molecule has 15 nitrogen and oxygen atoms in total. The zero-order valence-electron chi connectivity index (χ0n) is 22.3. The number of aliphatic imine (C=N–C) groups is 1. The Balaban J connectivity index is 1.78. The lowest BCUT2D eigenvalue weighted by molar-refractivity contribution is -0.384. The van der Waals surface area contributed by atoms with Crippen LogP contribution in [0, 0.1) is 15.0 Å². The van der Waals surface area contributed by atoms with E-state index in [1.165, 1.54) is 24.3 Å². The third kappa shape index (κ3) is 9.26. The van der Waals surface area contributed by atoms with Crippen molar-refractivity contribution in [2.24, 2.45) is 21.7 Å². The summed E-state index contributed by atoms with van der Waals surface area (Å²) >= 11 is 0. The molecule has 0 radical (unpaired) electrons. The van der Waals surface area contributed by atoms with Gasteiger partial charge in [0.1, 0.15) is 18.1 Å². The molecule has 1 heterocycles. The van der Waals surface area contributed by atoms with Gasteiger partial charge in [-0.05, 0) is 43.4 Å². The first-order valence-electron chi connectivity index (χ1n) is 13.0. The molecule has 0 unspecified atom stereocenters. The van der Waals surface area contributed by atoms with E-state index >= 15 is 0 Å². The van der Waals surface area contributed by atoms with Crippen LogP contribution >= 0.6 is 0 Å². The standard InChI is InChI=1S/C26H33N9O6/c27-26(28)29-14-4-8-20(23(36)30-18-10-12-19(13-11-18)35(40)41)31-24(37)21(16-17-6-2-1-3-7-17)32-25(38)22-9-5-15-34(22)33-39/h1-3,6-7,10-13,20-22H,4-5,8-9,14-16H2,(H,30,36)(H,31,37)(H,32,38)(H4,27,28,29)/t20-,21-,22-/m0/s1. The highest BCUT2D eigenvalue weighted by atomic mass is 16.6. The number of benzene rings is 2. The first-order chi connectivity index (χ1) is 19.7. The summed E-state index contributed by atoms with van der Waals surface area (Å²) in [5.41, 5.74) is 11.7. The summed E-state index contributed by atoms with van der Waals surface area (Å²) in [6.07, 6.45) is 1.65. The van der Waals surface area contributed by atoms with Gasteiger partial charge in [0.2, 0.25) is 17.7 Å². The van der Waals surface area contributed by atoms with Crippen LogP contribution in [0.25, 0.3) is 0 Å². The summed E-state index contributed by atoms with van der Waals surface area (Å²) in [5.74, 6) is -1.82. The highest BCUT2D eigenvalue weighted by molar-refractivity contribution is 5.98. The van der Waals surface area contributed by atoms with Crippen LogP contribution in [0.15, 0.2) is 64.9 Å². The number of nitrogens with zero attached hydrogens (tertiary/aromatic N) is 4. The van der Waals surface area contributed by atoms with Crippen molar-refractivity contribution in [1.82, 2.24) is 15.6 Å². The average molecular weight is 568 g/mol. The van der Waals surface area contributed by atoms with Crippen LogP contribution in [0.2, 0.25) is 0 Å². The molecule has 0 aromatic heterocycles. The number of hydrogen-bond donors (Lipinski definition) is 5. The molecule has 3 amide bonds. The van der Waals surface area contributed by atoms with E-state index in [4.69, 9.17) is 11.5 Å². The van der Waals surface area contributed by atoms with Gasteiger partial charge >= 0.3 is 0 Å². The molecule has 0 spiro atoms. The largest absolute Gasteiger partial charge is 0.370 e. The normalized spacial score (nSPS) is 15.7. The van der Waals surface area contributed by atoms with Crippen molar-refractivity contribution in [2.75, 3.05) is 18.4 Å². The molecular weight excluding hydrogens is 534 g/mol. The van der Waals surface area contributed by atoms with Crippen molar-refractivity contribution in [3.05, 3.63) is 75.2 Å². The van der Waals surface area contributed by atoms with E-state index in [9.17, 15) is 29.4 Å². The minimum Gasteiger partial charge on any atom is -0.370 e. The van der Waals surface area contributed by atoms with Crippen molar-refractivity contribution in [3.63, 3.8) is 0 Å². The molecule has 2 aromatic rings. The van der Waals surface area contributed by atoms with Gasteiger partial charge in [-0.25, -0.2) is 5.01 Å². The predicted molar refractivity (Wildman–Crippen MR) is 151 cm³/mol. The van der Waals surface area contributed by atoms with E-state index in [0.29, 0.717) is 31.5 Å². The average Bonchev–Trinajstić information content (AvgIpc) is 3.44. The van der Waals surface area contributed by atoms with Crippen LogP contribution in [0.5, 0.6) is 0 Å². The van der Waals surface area contributed by atoms with Gasteiger partial charge in [0.25, 0.3) is 5.69 Å². The Hall–Kier alpha value is -5.08. The van der Waals surface area contributed by atoms with Crippen molar-refractivity contribution in [1.29, 1.82) is 0 Å². The van der Waals surface area contributed by atoms with Crippen molar-refractivity contribution in [3.8, 4) is 0 Å². The zero-order chi connectivity index (χ0) is 29.8. The molecule has 1 fully saturated rings. The van der Waals surface area contributed by atoms with Crippen LogP contribution in [0.1, 0.15) is 31.2 Å². The molecule has 1 saturated heterocycles. The van der Waals surface area contributed by atoms with Gasteiger partial charge < -0.3 is 27.4 Å². The predicted octanol–water partition coefficient (Wildman–Crippen LogP) is 0.945. The quantitative estimate of drug-likeness (QED) is 0.0545. The van der Waals surface area contributed by atoms with Crippen LogP contribution < -0.4 is 27.4 Å². The smallest absolute Gasteiger partial charge is 0.269 e. The summed E-state index contributed by atoms with van der Waals surface area (Å²) in [7, 11) is 0. The van der Waals surface area contributed by atoms with Gasteiger partial charge in [-0.3, -0.25) is 29.5 Å². The summed E-state index contributed by atoms with van der Waals surface area (Å²) in [6.45, 7) is 0.553. The molecule has 3 rings (SSSR count). The molecule has 15 heteroatoms. The number of nitrogens with two attached hydrogens (primary N) is 2. The molecule has 3 atom stereocenters. The number of hydrogen-bond acceptors (Lipinski definition) is 8. The Kier molecular flexibility index (Phi) is 11.1. The minimum absolute atomic E-state index is 0.114. The molecule has 0 aliphatic carbocycles. The molecular formula is C26H33N9O6. The highest BCUT2D eigenvalue weighted by Gasteiger charge is 2.34. The first kappa shape index (κ1) is 30.5. The van der Waals surface area contributed by atoms with Crippen LogP contribution in [0.3, 0.4) is 0 Å². The molecule has 2 aromatic carbocycles. The van der Waals surface area contributed by atoms with Gasteiger partial charge in [-0.2, -0.15) is 0 Å². The maximum atomic E-state index is 13.5. The Labute approximate surface area is 235 Å². The third-order valence-electron chi connectivity index (χ3n) is 6.47. The van der Waals surface area contributed by atoms with Gasteiger partial charge in [0.15, 0.2) is 5.96 Å². The lowest BCUT2D eigenvalue weighted by Crippen LogP contribution is -2.55. The number of rotatable bonds is 14. The van der Waals surface area contributed by atoms with Gasteiger partial charge in [0.05, 0.1) is 10.2 Å². The Morgan fingerprint density at radius 1 is 1.02 bits per heavy atom. The molecule has 7 N–H and O–H groups in total. The monoisotopic (exact) mass is 567 g/mol. The topological polar surface area (TPSA) is 228 Å². The van der Waals surface area contributed by atoms with Crippen molar-refractivity contribution in [2.45, 2.75) is 50.2 Å². The summed E-state index contributed by atoms with van der Waals surface area (Å²) in [5, 5.41) is 23.1. The highest BCUT2D eigenvalue weighted by Crippen LogP contribution is 2.18. The van der Waals surface area contributed by atoms with Crippen molar-refractivity contribution >= 4 is 35.1 Å². The second-order valence-corrected chi connectivity index (χ2v) is 9.46. The number of nitrogens with one attached hydrogen (secondary N) is 3. The third-order valence-corrected chi connectivity index (χ3v) is 6.47. The summed E-state index contributed by atoms with van der Waals surface area (Å²) < 4.78 is 0. The summed E-state index contributed by atoms with van der Waals surface area (Å²) in [4.78, 5) is 65.2. The Morgan fingerprint density at radius 3 is 2.37 bits per heavy atom. The van der Waals surface area contributed by atoms with Crippen LogP contribution in [-0.4, -0.2) is 64.8 Å². The van der Waals surface area contributed by atoms with E-state index in [0.717, 1.165) is 10.6 Å². The number of guanidine groups is 1.